The van der Waals surface area contributed by atoms with Gasteiger partial charge in [0.1, 0.15) is 6.73 Å². The van der Waals surface area contributed by atoms with Crippen molar-refractivity contribution in [2.75, 3.05) is 7.11 Å². The summed E-state index contributed by atoms with van der Waals surface area (Å²) in [4.78, 5) is 25.7. The lowest BCUT2D eigenvalue weighted by Crippen LogP contribution is -2.35. The molecule has 6 nitrogen and oxygen atoms in total. The van der Waals surface area contributed by atoms with Gasteiger partial charge in [-0.15, -0.1) is 0 Å². The molecule has 19 heavy (non-hydrogen) atoms. The van der Waals surface area contributed by atoms with Crippen LogP contribution in [-0.4, -0.2) is 16.7 Å². The molecule has 2 rings (SSSR count). The average Bonchev–Trinajstić information content (AvgIpc) is 2.44. The number of aromatic amines is 1. The van der Waals surface area contributed by atoms with Gasteiger partial charge in [0.25, 0.3) is 5.56 Å². The van der Waals surface area contributed by atoms with Gasteiger partial charge in [0, 0.05) is 0 Å². The fraction of sp³-hybridized carbons (Fsp3) is 0.231. The van der Waals surface area contributed by atoms with Crippen molar-refractivity contribution in [1.82, 2.24) is 9.55 Å². The molecule has 0 spiro atoms. The second-order valence-electron chi connectivity index (χ2n) is 3.86. The zero-order chi connectivity index (χ0) is 13.7. The molecule has 0 aliphatic rings. The highest BCUT2D eigenvalue weighted by Crippen LogP contribution is 2.01. The first kappa shape index (κ1) is 13.1. The predicted molar refractivity (Wildman–Crippen MR) is 69.1 cm³/mol. The van der Waals surface area contributed by atoms with Crippen LogP contribution in [0.15, 0.2) is 46.1 Å². The van der Waals surface area contributed by atoms with Crippen LogP contribution >= 0.6 is 0 Å². The van der Waals surface area contributed by atoms with E-state index in [0.717, 1.165) is 10.1 Å². The first-order valence-electron chi connectivity index (χ1n) is 5.70. The second-order valence-corrected chi connectivity index (χ2v) is 3.86. The number of methoxy groups -OCH3 is 1. The third kappa shape index (κ3) is 3.11. The lowest BCUT2D eigenvalue weighted by atomic mass is 10.2. The summed E-state index contributed by atoms with van der Waals surface area (Å²) in [7, 11) is 1.37. The SMILES string of the molecule is COc1c[nH]c(=O)n(COCc2ccccc2)c1=O. The maximum Gasteiger partial charge on any atom is 0.330 e. The van der Waals surface area contributed by atoms with Crippen LogP contribution in [-0.2, 0) is 18.1 Å². The molecule has 0 amide bonds. The Morgan fingerprint density at radius 1 is 1.21 bits per heavy atom. The van der Waals surface area contributed by atoms with E-state index in [4.69, 9.17) is 9.47 Å². The third-order valence-corrected chi connectivity index (χ3v) is 2.58. The number of nitrogens with one attached hydrogen (secondary N) is 1. The Hall–Kier alpha value is -2.34. The number of aromatic nitrogens is 2. The van der Waals surface area contributed by atoms with Crippen molar-refractivity contribution in [3.63, 3.8) is 0 Å². The van der Waals surface area contributed by atoms with E-state index in [1.807, 2.05) is 30.3 Å². The molecule has 1 heterocycles. The van der Waals surface area contributed by atoms with E-state index < -0.39 is 11.2 Å². The third-order valence-electron chi connectivity index (χ3n) is 2.58. The standard InChI is InChI=1S/C13H14N2O4/c1-18-11-7-14-13(17)15(12(11)16)9-19-8-10-5-3-2-4-6-10/h2-7H,8-9H2,1H3,(H,14,17). The smallest absolute Gasteiger partial charge is 0.330 e. The molecule has 0 bridgehead atoms. The molecule has 2 aromatic rings. The summed E-state index contributed by atoms with van der Waals surface area (Å²) < 4.78 is 11.1. The van der Waals surface area contributed by atoms with Gasteiger partial charge in [-0.3, -0.25) is 4.79 Å². The van der Waals surface area contributed by atoms with E-state index in [9.17, 15) is 9.59 Å². The quantitative estimate of drug-likeness (QED) is 0.861. The normalized spacial score (nSPS) is 10.4. The maximum absolute atomic E-state index is 11.8. The van der Waals surface area contributed by atoms with E-state index in [2.05, 4.69) is 4.98 Å². The summed E-state index contributed by atoms with van der Waals surface area (Å²) in [5.41, 5.74) is -0.0759. The van der Waals surface area contributed by atoms with Gasteiger partial charge >= 0.3 is 5.69 Å². The van der Waals surface area contributed by atoms with E-state index in [1.54, 1.807) is 0 Å². The van der Waals surface area contributed by atoms with Crippen molar-refractivity contribution in [2.45, 2.75) is 13.3 Å². The molecule has 0 aliphatic carbocycles. The fourth-order valence-electron chi connectivity index (χ4n) is 1.58. The van der Waals surface area contributed by atoms with E-state index in [-0.39, 0.29) is 12.5 Å². The minimum absolute atomic E-state index is 0.0721. The molecule has 100 valence electrons. The summed E-state index contributed by atoms with van der Waals surface area (Å²) in [6.45, 7) is 0.199. The molecule has 1 N–H and O–H groups in total. The minimum Gasteiger partial charge on any atom is -0.490 e. The monoisotopic (exact) mass is 262 g/mol. The van der Waals surface area contributed by atoms with Crippen LogP contribution in [0.3, 0.4) is 0 Å². The largest absolute Gasteiger partial charge is 0.490 e. The van der Waals surface area contributed by atoms with E-state index in [0.29, 0.717) is 6.61 Å². The van der Waals surface area contributed by atoms with Crippen LogP contribution in [0.2, 0.25) is 0 Å². The van der Waals surface area contributed by atoms with Crippen LogP contribution in [0.1, 0.15) is 5.56 Å². The Balaban J connectivity index is 2.08. The zero-order valence-electron chi connectivity index (χ0n) is 10.5. The molecule has 0 saturated carbocycles. The van der Waals surface area contributed by atoms with Gasteiger partial charge in [-0.05, 0) is 5.56 Å². The van der Waals surface area contributed by atoms with Gasteiger partial charge in [0.05, 0.1) is 19.9 Å². The first-order chi connectivity index (χ1) is 9.22. The predicted octanol–water partition coefficient (Wildman–Crippen LogP) is 0.719. The molecule has 1 aromatic heterocycles. The van der Waals surface area contributed by atoms with Crippen molar-refractivity contribution in [2.24, 2.45) is 0 Å². The molecule has 0 unspecified atom stereocenters. The highest BCUT2D eigenvalue weighted by Gasteiger charge is 2.07. The van der Waals surface area contributed by atoms with Gasteiger partial charge in [-0.1, -0.05) is 30.3 Å². The van der Waals surface area contributed by atoms with Crippen molar-refractivity contribution in [3.8, 4) is 5.75 Å². The van der Waals surface area contributed by atoms with Crippen molar-refractivity contribution in [3.05, 3.63) is 62.9 Å². The van der Waals surface area contributed by atoms with E-state index >= 15 is 0 Å². The molecular weight excluding hydrogens is 248 g/mol. The number of H-pyrrole nitrogens is 1. The molecule has 0 saturated heterocycles. The highest BCUT2D eigenvalue weighted by atomic mass is 16.5. The zero-order valence-corrected chi connectivity index (χ0v) is 10.5. The first-order valence-corrected chi connectivity index (χ1v) is 5.70. The van der Waals surface area contributed by atoms with Crippen molar-refractivity contribution < 1.29 is 9.47 Å². The molecule has 1 aromatic carbocycles. The number of ether oxygens (including phenoxy) is 2. The summed E-state index contributed by atoms with van der Waals surface area (Å²) in [6.07, 6.45) is 1.23. The summed E-state index contributed by atoms with van der Waals surface area (Å²) in [5, 5.41) is 0. The Morgan fingerprint density at radius 2 is 1.95 bits per heavy atom. The number of benzene rings is 1. The number of rotatable bonds is 5. The van der Waals surface area contributed by atoms with Gasteiger partial charge < -0.3 is 14.5 Å². The molecule has 0 aliphatic heterocycles. The average molecular weight is 262 g/mol. The molecular formula is C13H14N2O4. The molecule has 0 fully saturated rings. The van der Waals surface area contributed by atoms with Gasteiger partial charge in [-0.25, -0.2) is 9.36 Å². The lowest BCUT2D eigenvalue weighted by Gasteiger charge is -2.07. The Labute approximate surface area is 109 Å². The van der Waals surface area contributed by atoms with Gasteiger partial charge in [-0.2, -0.15) is 0 Å². The minimum atomic E-state index is -0.529. The van der Waals surface area contributed by atoms with Crippen molar-refractivity contribution >= 4 is 0 Å². The van der Waals surface area contributed by atoms with Crippen LogP contribution in [0.25, 0.3) is 0 Å². The number of nitrogens with zero attached hydrogens (tertiary/aromatic N) is 1. The second kappa shape index (κ2) is 6.01. The highest BCUT2D eigenvalue weighted by molar-refractivity contribution is 5.13. The van der Waals surface area contributed by atoms with Crippen molar-refractivity contribution in [1.29, 1.82) is 0 Å². The molecule has 6 heteroatoms. The van der Waals surface area contributed by atoms with Crippen LogP contribution in [0, 0.1) is 0 Å². The molecule has 0 atom stereocenters. The van der Waals surface area contributed by atoms with E-state index in [1.165, 1.54) is 13.3 Å². The molecule has 0 radical (unpaired) electrons. The number of hydrogen-bond donors (Lipinski definition) is 1. The van der Waals surface area contributed by atoms with Gasteiger partial charge in [0.15, 0.2) is 0 Å². The van der Waals surface area contributed by atoms with Crippen LogP contribution in [0.5, 0.6) is 5.75 Å². The lowest BCUT2D eigenvalue weighted by molar-refractivity contribution is 0.0582. The summed E-state index contributed by atoms with van der Waals surface area (Å²) in [6, 6.07) is 9.49. The maximum atomic E-state index is 11.8. The van der Waals surface area contributed by atoms with Gasteiger partial charge in [0.2, 0.25) is 5.75 Å². The Morgan fingerprint density at radius 3 is 2.63 bits per heavy atom. The van der Waals surface area contributed by atoms with Crippen LogP contribution in [0.4, 0.5) is 0 Å². The Bertz CT molecular complexity index is 646. The topological polar surface area (TPSA) is 73.3 Å². The summed E-state index contributed by atoms with van der Waals surface area (Å²) in [5.74, 6) is 0.0721. The number of hydrogen-bond acceptors (Lipinski definition) is 4. The fourth-order valence-corrected chi connectivity index (χ4v) is 1.58. The Kier molecular flexibility index (Phi) is 4.15. The summed E-state index contributed by atoms with van der Waals surface area (Å²) >= 11 is 0. The van der Waals surface area contributed by atoms with Crippen LogP contribution < -0.4 is 16.0 Å².